The first-order chi connectivity index (χ1) is 7.24. The highest BCUT2D eigenvalue weighted by molar-refractivity contribution is 6.34. The number of hydrogen-bond donors (Lipinski definition) is 0. The van der Waals surface area contributed by atoms with E-state index in [4.69, 9.17) is 4.74 Å². The van der Waals surface area contributed by atoms with Gasteiger partial charge in [-0.2, -0.15) is 0 Å². The summed E-state index contributed by atoms with van der Waals surface area (Å²) < 4.78 is 4.85. The minimum atomic E-state index is -0.817. The Morgan fingerprint density at radius 2 is 1.93 bits per heavy atom. The maximum absolute atomic E-state index is 11.2. The monoisotopic (exact) mass is 204 g/mol. The number of carbonyl (C=O) groups excluding carboxylic acids is 2. The highest BCUT2D eigenvalue weighted by Gasteiger charge is 2.14. The van der Waals surface area contributed by atoms with Crippen LogP contribution in [0.2, 0.25) is 0 Å². The van der Waals surface area contributed by atoms with E-state index in [1.807, 2.05) is 0 Å². The van der Waals surface area contributed by atoms with Crippen molar-refractivity contribution < 1.29 is 14.3 Å². The molecule has 0 spiro atoms. The molecule has 1 aromatic carbocycles. The van der Waals surface area contributed by atoms with Crippen LogP contribution >= 0.6 is 0 Å². The summed E-state index contributed by atoms with van der Waals surface area (Å²) >= 11 is 0. The molecule has 78 valence electrons. The van der Waals surface area contributed by atoms with Crippen molar-refractivity contribution in [3.05, 3.63) is 43.0 Å². The summed E-state index contributed by atoms with van der Waals surface area (Å²) in [6.45, 7) is 3.47. The average molecular weight is 204 g/mol. The molecule has 0 heterocycles. The van der Waals surface area contributed by atoms with Crippen molar-refractivity contribution in [1.29, 1.82) is 0 Å². The van der Waals surface area contributed by atoms with Crippen LogP contribution in [0.1, 0.15) is 12.8 Å². The Hall–Kier alpha value is -1.90. The summed E-state index contributed by atoms with van der Waals surface area (Å²) in [5, 5.41) is 0. The molecule has 0 aliphatic rings. The summed E-state index contributed by atoms with van der Waals surface area (Å²) in [6, 6.07) is 8.52. The van der Waals surface area contributed by atoms with Crippen LogP contribution in [0.5, 0.6) is 5.75 Å². The molecule has 0 bridgehead atoms. The second-order valence-electron chi connectivity index (χ2n) is 2.95. The number of hydrogen-bond acceptors (Lipinski definition) is 3. The van der Waals surface area contributed by atoms with E-state index in [0.717, 1.165) is 0 Å². The lowest BCUT2D eigenvalue weighted by atomic mass is 10.2. The predicted molar refractivity (Wildman–Crippen MR) is 56.5 cm³/mol. The Morgan fingerprint density at radius 3 is 2.53 bits per heavy atom. The maximum Gasteiger partial charge on any atom is 0.379 e. The maximum atomic E-state index is 11.2. The van der Waals surface area contributed by atoms with Gasteiger partial charge in [-0.15, -0.1) is 6.58 Å². The molecule has 0 unspecified atom stereocenters. The van der Waals surface area contributed by atoms with E-state index in [2.05, 4.69) is 6.58 Å². The predicted octanol–water partition coefficient (Wildman–Crippen LogP) is 2.13. The zero-order valence-corrected chi connectivity index (χ0v) is 8.31. The molecule has 0 radical (unpaired) electrons. The van der Waals surface area contributed by atoms with Crippen LogP contribution in [0.3, 0.4) is 0 Å². The molecule has 0 N–H and O–H groups in total. The smallest absolute Gasteiger partial charge is 0.379 e. The fraction of sp³-hybridized carbons (Fsp3) is 0.167. The lowest BCUT2D eigenvalue weighted by molar-refractivity contribution is -0.147. The van der Waals surface area contributed by atoms with Crippen LogP contribution in [-0.4, -0.2) is 11.8 Å². The van der Waals surface area contributed by atoms with Gasteiger partial charge in [0, 0.05) is 6.42 Å². The van der Waals surface area contributed by atoms with Crippen molar-refractivity contribution in [3.63, 3.8) is 0 Å². The van der Waals surface area contributed by atoms with Crippen molar-refractivity contribution >= 4 is 11.8 Å². The van der Waals surface area contributed by atoms with Crippen LogP contribution < -0.4 is 4.74 Å². The summed E-state index contributed by atoms with van der Waals surface area (Å²) in [6.07, 6.45) is 2.23. The third-order valence-corrected chi connectivity index (χ3v) is 1.76. The number of ether oxygens (including phenoxy) is 1. The molecule has 0 aliphatic heterocycles. The van der Waals surface area contributed by atoms with Crippen LogP contribution in [-0.2, 0) is 9.59 Å². The average Bonchev–Trinajstić information content (AvgIpc) is 2.27. The topological polar surface area (TPSA) is 43.4 Å². The Kier molecular flexibility index (Phi) is 4.29. The van der Waals surface area contributed by atoms with Crippen molar-refractivity contribution in [3.8, 4) is 5.75 Å². The molecule has 0 saturated heterocycles. The highest BCUT2D eigenvalue weighted by Crippen LogP contribution is 2.09. The van der Waals surface area contributed by atoms with Gasteiger partial charge in [0.2, 0.25) is 5.78 Å². The summed E-state index contributed by atoms with van der Waals surface area (Å²) in [7, 11) is 0. The number of carbonyl (C=O) groups is 2. The molecular formula is C12H12O3. The van der Waals surface area contributed by atoms with Gasteiger partial charge in [0.15, 0.2) is 0 Å². The minimum absolute atomic E-state index is 0.148. The zero-order valence-electron chi connectivity index (χ0n) is 8.31. The van der Waals surface area contributed by atoms with Gasteiger partial charge >= 0.3 is 5.97 Å². The lowest BCUT2D eigenvalue weighted by Crippen LogP contribution is -2.19. The lowest BCUT2D eigenvalue weighted by Gasteiger charge is -2.01. The first kappa shape index (κ1) is 11.2. The van der Waals surface area contributed by atoms with Crippen LogP contribution in [0.4, 0.5) is 0 Å². The van der Waals surface area contributed by atoms with Crippen molar-refractivity contribution in [1.82, 2.24) is 0 Å². The molecule has 3 heteroatoms. The number of benzene rings is 1. The Labute approximate surface area is 88.4 Å². The quantitative estimate of drug-likeness (QED) is 0.319. The van der Waals surface area contributed by atoms with Gasteiger partial charge in [0.1, 0.15) is 5.75 Å². The fourth-order valence-electron chi connectivity index (χ4n) is 0.988. The summed E-state index contributed by atoms with van der Waals surface area (Å²) in [5.41, 5.74) is 0. The largest absolute Gasteiger partial charge is 0.421 e. The molecule has 3 nitrogen and oxygen atoms in total. The molecule has 0 amide bonds. The van der Waals surface area contributed by atoms with Crippen molar-refractivity contribution in [2.45, 2.75) is 12.8 Å². The van der Waals surface area contributed by atoms with Gasteiger partial charge in [-0.3, -0.25) is 4.79 Å². The number of allylic oxidation sites excluding steroid dienone is 1. The van der Waals surface area contributed by atoms with Crippen molar-refractivity contribution in [2.24, 2.45) is 0 Å². The number of para-hydroxylation sites is 1. The van der Waals surface area contributed by atoms with E-state index in [0.29, 0.717) is 12.2 Å². The van der Waals surface area contributed by atoms with E-state index in [9.17, 15) is 9.59 Å². The van der Waals surface area contributed by atoms with Gasteiger partial charge in [-0.05, 0) is 18.6 Å². The molecular weight excluding hydrogens is 192 g/mol. The number of esters is 1. The number of Topliss-reactive ketones (excluding diaryl/α,β-unsaturated/α-hetero) is 1. The normalized spacial score (nSPS) is 9.33. The van der Waals surface area contributed by atoms with Crippen LogP contribution in [0.15, 0.2) is 43.0 Å². The molecule has 0 atom stereocenters. The summed E-state index contributed by atoms with van der Waals surface area (Å²) in [5.74, 6) is -0.962. The Bertz CT molecular complexity index is 354. The number of rotatable bonds is 5. The highest BCUT2D eigenvalue weighted by atomic mass is 16.5. The minimum Gasteiger partial charge on any atom is -0.421 e. The van der Waals surface area contributed by atoms with Gasteiger partial charge in [-0.1, -0.05) is 24.3 Å². The van der Waals surface area contributed by atoms with Crippen LogP contribution in [0.25, 0.3) is 0 Å². The second kappa shape index (κ2) is 5.75. The number of ketones is 1. The van der Waals surface area contributed by atoms with Crippen molar-refractivity contribution in [2.75, 3.05) is 0 Å². The Morgan fingerprint density at radius 1 is 1.27 bits per heavy atom. The molecule has 0 aliphatic carbocycles. The molecule has 1 aromatic rings. The van der Waals surface area contributed by atoms with Gasteiger partial charge < -0.3 is 4.74 Å². The SMILES string of the molecule is C=CCCC(=O)C(=O)Oc1ccccc1. The molecule has 0 aromatic heterocycles. The van der Waals surface area contributed by atoms with E-state index in [-0.39, 0.29) is 6.42 Å². The second-order valence-corrected chi connectivity index (χ2v) is 2.95. The summed E-state index contributed by atoms with van der Waals surface area (Å²) in [4.78, 5) is 22.4. The first-order valence-corrected chi connectivity index (χ1v) is 4.65. The molecule has 0 fully saturated rings. The molecule has 0 saturated carbocycles. The Balaban J connectivity index is 2.49. The van der Waals surface area contributed by atoms with Gasteiger partial charge in [0.05, 0.1) is 0 Å². The molecule has 1 rings (SSSR count). The van der Waals surface area contributed by atoms with Crippen LogP contribution in [0, 0.1) is 0 Å². The first-order valence-electron chi connectivity index (χ1n) is 4.65. The van der Waals surface area contributed by atoms with Gasteiger partial charge in [-0.25, -0.2) is 4.79 Å². The van der Waals surface area contributed by atoms with E-state index >= 15 is 0 Å². The zero-order chi connectivity index (χ0) is 11.1. The van der Waals surface area contributed by atoms with E-state index in [1.165, 1.54) is 0 Å². The standard InChI is InChI=1S/C12H12O3/c1-2-3-9-11(13)12(14)15-10-7-5-4-6-8-10/h2,4-8H,1,3,9H2. The fourth-order valence-corrected chi connectivity index (χ4v) is 0.988. The third kappa shape index (κ3) is 3.77. The molecule has 15 heavy (non-hydrogen) atoms. The van der Waals surface area contributed by atoms with E-state index < -0.39 is 11.8 Å². The van der Waals surface area contributed by atoms with E-state index in [1.54, 1.807) is 36.4 Å². The third-order valence-electron chi connectivity index (χ3n) is 1.76. The van der Waals surface area contributed by atoms with Gasteiger partial charge in [0.25, 0.3) is 0 Å².